The van der Waals surface area contributed by atoms with Gasteiger partial charge in [0.1, 0.15) is 18.1 Å². The minimum atomic E-state index is -0.813. The summed E-state index contributed by atoms with van der Waals surface area (Å²) in [6.45, 7) is 3.98. The Balaban J connectivity index is 1.79. The van der Waals surface area contributed by atoms with Crippen LogP contribution in [0, 0.1) is 10.1 Å². The predicted molar refractivity (Wildman–Crippen MR) is 115 cm³/mol. The number of hydrogen-bond acceptors (Lipinski definition) is 8. The number of amides is 1. The Morgan fingerprint density at radius 3 is 2.88 bits per heavy atom. The van der Waals surface area contributed by atoms with Crippen LogP contribution < -0.4 is 15.4 Å². The summed E-state index contributed by atoms with van der Waals surface area (Å²) in [5.41, 5.74) is 1.21. The van der Waals surface area contributed by atoms with Crippen molar-refractivity contribution in [2.75, 3.05) is 17.2 Å². The van der Waals surface area contributed by atoms with E-state index in [1.54, 1.807) is 31.2 Å². The molecule has 11 heteroatoms. The number of benzene rings is 2. The van der Waals surface area contributed by atoms with Gasteiger partial charge < -0.3 is 20.5 Å². The Labute approximate surface area is 182 Å². The molecule has 0 radical (unpaired) electrons. The molecule has 0 fully saturated rings. The van der Waals surface area contributed by atoms with Crippen molar-refractivity contribution in [1.82, 2.24) is 14.8 Å². The number of nitro benzene ring substituents is 1. The number of nitrogens with zero attached hydrogens (tertiary/aromatic N) is 4. The summed E-state index contributed by atoms with van der Waals surface area (Å²) in [4.78, 5) is 28.3. The number of fused-ring (bicyclic) bond motifs is 1. The van der Waals surface area contributed by atoms with Crippen molar-refractivity contribution in [3.05, 3.63) is 75.7 Å². The summed E-state index contributed by atoms with van der Waals surface area (Å²) in [5, 5.41) is 31.3. The van der Waals surface area contributed by atoms with Crippen LogP contribution in [0.4, 0.5) is 17.3 Å². The molecule has 3 N–H and O–H groups in total. The van der Waals surface area contributed by atoms with Crippen molar-refractivity contribution < 1.29 is 19.6 Å². The molecule has 0 spiro atoms. The average molecular weight is 436 g/mol. The Morgan fingerprint density at radius 1 is 1.34 bits per heavy atom. The highest BCUT2D eigenvalue weighted by Gasteiger charge is 2.35. The minimum Gasteiger partial charge on any atom is -0.502 e. The first-order valence-electron chi connectivity index (χ1n) is 9.78. The third-order valence-electron chi connectivity index (χ3n) is 4.99. The van der Waals surface area contributed by atoms with Crippen LogP contribution in [0.15, 0.2) is 60.1 Å². The summed E-state index contributed by atoms with van der Waals surface area (Å²) in [5.74, 6) is -0.00833. The number of phenolic OH excluding ortho intramolecular Hbond substituents is 1. The van der Waals surface area contributed by atoms with Gasteiger partial charge in [-0.3, -0.25) is 14.9 Å². The number of aromatic nitrogens is 3. The Hall–Kier alpha value is -4.41. The largest absolute Gasteiger partial charge is 0.502 e. The van der Waals surface area contributed by atoms with Gasteiger partial charge in [0.15, 0.2) is 5.75 Å². The lowest BCUT2D eigenvalue weighted by Crippen LogP contribution is -2.31. The van der Waals surface area contributed by atoms with Crippen LogP contribution in [-0.4, -0.2) is 37.3 Å². The number of carbonyl (C=O) groups is 1. The number of carbonyl (C=O) groups excluding carboxylic acids is 1. The van der Waals surface area contributed by atoms with Gasteiger partial charge in [-0.2, -0.15) is 10.1 Å². The van der Waals surface area contributed by atoms with E-state index in [0.29, 0.717) is 35.3 Å². The molecule has 3 aromatic rings. The van der Waals surface area contributed by atoms with Crippen molar-refractivity contribution in [3.8, 4) is 11.5 Å². The smallest absolute Gasteiger partial charge is 0.311 e. The minimum absolute atomic E-state index is 0.286. The number of rotatable bonds is 6. The van der Waals surface area contributed by atoms with E-state index in [0.717, 1.165) is 0 Å². The highest BCUT2D eigenvalue weighted by molar-refractivity contribution is 6.06. The molecule has 2 heterocycles. The fourth-order valence-corrected chi connectivity index (χ4v) is 3.59. The first-order chi connectivity index (χ1) is 15.4. The number of anilines is 2. The monoisotopic (exact) mass is 436 g/mol. The van der Waals surface area contributed by atoms with E-state index in [1.165, 1.54) is 29.2 Å². The van der Waals surface area contributed by atoms with Crippen molar-refractivity contribution in [2.45, 2.75) is 19.9 Å². The van der Waals surface area contributed by atoms with Gasteiger partial charge in [0, 0.05) is 11.8 Å². The number of hydrogen-bond donors (Lipinski definition) is 3. The lowest BCUT2D eigenvalue weighted by molar-refractivity contribution is -0.385. The maximum absolute atomic E-state index is 13.4. The zero-order chi connectivity index (χ0) is 22.8. The average Bonchev–Trinajstić information content (AvgIpc) is 3.22. The third-order valence-corrected chi connectivity index (χ3v) is 4.99. The molecule has 0 saturated carbocycles. The second kappa shape index (κ2) is 8.38. The SMILES string of the molecule is CCOc1ccccc1NC(=O)C1=C(C)Nc2ncnn2C1c1ccc(O)c([N+](=O)[O-])c1. The van der Waals surface area contributed by atoms with E-state index in [2.05, 4.69) is 20.7 Å². The van der Waals surface area contributed by atoms with Gasteiger partial charge in [-0.1, -0.05) is 18.2 Å². The van der Waals surface area contributed by atoms with Crippen LogP contribution in [0.1, 0.15) is 25.5 Å². The summed E-state index contributed by atoms with van der Waals surface area (Å²) in [6, 6.07) is 10.2. The first-order valence-corrected chi connectivity index (χ1v) is 9.78. The van der Waals surface area contributed by atoms with Crippen LogP contribution in [0.3, 0.4) is 0 Å². The standard InChI is InChI=1S/C21H20N6O5/c1-3-32-17-7-5-4-6-14(17)25-20(29)18-12(2)24-21-22-11-23-26(21)19(18)13-8-9-16(28)15(10-13)27(30)31/h4-11,19,28H,3H2,1-2H3,(H,25,29)(H,22,23,24). The van der Waals surface area contributed by atoms with Gasteiger partial charge in [-0.15, -0.1) is 0 Å². The molecule has 1 atom stereocenters. The molecule has 11 nitrogen and oxygen atoms in total. The Morgan fingerprint density at radius 2 is 2.12 bits per heavy atom. The zero-order valence-corrected chi connectivity index (χ0v) is 17.3. The molecule has 1 amide bonds. The zero-order valence-electron chi connectivity index (χ0n) is 17.3. The molecule has 1 unspecified atom stereocenters. The highest BCUT2D eigenvalue weighted by atomic mass is 16.6. The molecular weight excluding hydrogens is 416 g/mol. The summed E-state index contributed by atoms with van der Waals surface area (Å²) < 4.78 is 7.05. The van der Waals surface area contributed by atoms with Crippen molar-refractivity contribution >= 4 is 23.2 Å². The number of para-hydroxylation sites is 2. The van der Waals surface area contributed by atoms with Crippen LogP contribution >= 0.6 is 0 Å². The summed E-state index contributed by atoms with van der Waals surface area (Å²) in [6.07, 6.45) is 1.32. The summed E-state index contributed by atoms with van der Waals surface area (Å²) >= 11 is 0. The van der Waals surface area contributed by atoms with E-state index < -0.39 is 28.3 Å². The third kappa shape index (κ3) is 3.71. The molecule has 0 aliphatic carbocycles. The Kier molecular flexibility index (Phi) is 5.46. The van der Waals surface area contributed by atoms with Gasteiger partial charge >= 0.3 is 5.69 Å². The normalized spacial score (nSPS) is 15.0. The number of nitro groups is 1. The number of allylic oxidation sites excluding steroid dienone is 1. The predicted octanol–water partition coefficient (Wildman–Crippen LogP) is 3.22. The van der Waals surface area contributed by atoms with E-state index in [-0.39, 0.29) is 5.57 Å². The summed E-state index contributed by atoms with van der Waals surface area (Å²) in [7, 11) is 0. The molecule has 2 aromatic carbocycles. The molecule has 0 saturated heterocycles. The lowest BCUT2D eigenvalue weighted by atomic mass is 9.94. The molecular formula is C21H20N6O5. The molecule has 1 aliphatic rings. The second-order valence-corrected chi connectivity index (χ2v) is 6.98. The quantitative estimate of drug-likeness (QED) is 0.395. The van der Waals surface area contributed by atoms with Crippen LogP contribution in [0.5, 0.6) is 11.5 Å². The van der Waals surface area contributed by atoms with E-state index in [9.17, 15) is 20.0 Å². The fourth-order valence-electron chi connectivity index (χ4n) is 3.59. The number of ether oxygens (including phenoxy) is 1. The molecule has 1 aliphatic heterocycles. The number of phenols is 1. The molecule has 32 heavy (non-hydrogen) atoms. The van der Waals surface area contributed by atoms with Crippen molar-refractivity contribution in [1.29, 1.82) is 0 Å². The molecule has 0 bridgehead atoms. The first kappa shape index (κ1) is 20.8. The second-order valence-electron chi connectivity index (χ2n) is 6.98. The number of aromatic hydroxyl groups is 1. The van der Waals surface area contributed by atoms with Crippen LogP contribution in [0.2, 0.25) is 0 Å². The molecule has 164 valence electrons. The highest BCUT2D eigenvalue weighted by Crippen LogP contribution is 2.38. The fraction of sp³-hybridized carbons (Fsp3) is 0.190. The maximum atomic E-state index is 13.4. The van der Waals surface area contributed by atoms with Gasteiger partial charge in [0.25, 0.3) is 5.91 Å². The van der Waals surface area contributed by atoms with Gasteiger partial charge in [0.05, 0.1) is 22.8 Å². The van der Waals surface area contributed by atoms with E-state index in [1.807, 2.05) is 6.92 Å². The van der Waals surface area contributed by atoms with Gasteiger partial charge in [-0.25, -0.2) is 4.68 Å². The van der Waals surface area contributed by atoms with Crippen LogP contribution in [-0.2, 0) is 4.79 Å². The van der Waals surface area contributed by atoms with Gasteiger partial charge in [0.2, 0.25) is 5.95 Å². The van der Waals surface area contributed by atoms with E-state index in [4.69, 9.17) is 4.74 Å². The maximum Gasteiger partial charge on any atom is 0.311 e. The van der Waals surface area contributed by atoms with Gasteiger partial charge in [-0.05, 0) is 37.6 Å². The van der Waals surface area contributed by atoms with E-state index >= 15 is 0 Å². The molecule has 1 aromatic heterocycles. The molecule has 4 rings (SSSR count). The number of nitrogens with one attached hydrogen (secondary N) is 2. The Bertz CT molecular complexity index is 1230. The van der Waals surface area contributed by atoms with Crippen LogP contribution in [0.25, 0.3) is 0 Å². The lowest BCUT2D eigenvalue weighted by Gasteiger charge is -2.28. The van der Waals surface area contributed by atoms with Crippen molar-refractivity contribution in [2.24, 2.45) is 0 Å². The van der Waals surface area contributed by atoms with Crippen molar-refractivity contribution in [3.63, 3.8) is 0 Å². The topological polar surface area (TPSA) is 144 Å².